The summed E-state index contributed by atoms with van der Waals surface area (Å²) in [5.74, 6) is -0.182. The van der Waals surface area contributed by atoms with Crippen molar-refractivity contribution in [2.75, 3.05) is 13.2 Å². The predicted octanol–water partition coefficient (Wildman–Crippen LogP) is 4.23. The summed E-state index contributed by atoms with van der Waals surface area (Å²) in [6.07, 6.45) is 2.77. The average Bonchev–Trinajstić information content (AvgIpc) is 2.76. The second-order valence-electron chi connectivity index (χ2n) is 8.03. The lowest BCUT2D eigenvalue weighted by Crippen LogP contribution is -2.57. The molecule has 0 N–H and O–H groups in total. The third kappa shape index (κ3) is 7.95. The minimum absolute atomic E-state index is 0.119. The fourth-order valence-electron chi connectivity index (χ4n) is 3.86. The number of carbonyl (C=O) groups excluding carboxylic acids is 2. The maximum atomic E-state index is 11.7. The zero-order valence-corrected chi connectivity index (χ0v) is 19.6. The minimum atomic E-state index is -0.794. The van der Waals surface area contributed by atoms with Gasteiger partial charge in [0.25, 0.3) is 0 Å². The van der Waals surface area contributed by atoms with Crippen LogP contribution < -0.4 is 4.74 Å². The Balaban J connectivity index is 1.88. The van der Waals surface area contributed by atoms with Crippen molar-refractivity contribution < 1.29 is 33.3 Å². The van der Waals surface area contributed by atoms with E-state index in [0.29, 0.717) is 13.2 Å². The molecular formula is C25H36O7. The first-order chi connectivity index (χ1) is 15.3. The fourth-order valence-corrected chi connectivity index (χ4v) is 3.86. The molecule has 1 aromatic carbocycles. The van der Waals surface area contributed by atoms with Gasteiger partial charge in [-0.05, 0) is 43.4 Å². The van der Waals surface area contributed by atoms with E-state index in [2.05, 4.69) is 18.7 Å². The van der Waals surface area contributed by atoms with Crippen LogP contribution in [-0.4, -0.2) is 49.8 Å². The molecule has 0 spiro atoms. The Hall–Kier alpha value is -2.38. The standard InChI is InChI=1S/C25H36O7/c1-6-15-28-21-13-11-20(12-14-21)10-8-9-16-29-25-24(31-19(5)27)23(30-18(4)26)17(3)22(7-2)32-25/h6,11-14,17,22-25H,1,7-10,15-16H2,2-5H3/t17-,22-,23+,24-,25-/m1/s1. The first kappa shape index (κ1) is 25.9. The fraction of sp³-hybridized carbons (Fsp3) is 0.600. The Bertz CT molecular complexity index is 730. The van der Waals surface area contributed by atoms with Gasteiger partial charge >= 0.3 is 11.9 Å². The molecule has 1 aliphatic rings. The molecule has 7 heteroatoms. The van der Waals surface area contributed by atoms with Crippen molar-refractivity contribution in [2.45, 2.75) is 78.0 Å². The molecule has 178 valence electrons. The van der Waals surface area contributed by atoms with Crippen LogP contribution in [0.2, 0.25) is 0 Å². The molecule has 7 nitrogen and oxygen atoms in total. The van der Waals surface area contributed by atoms with Crippen LogP contribution in [0.4, 0.5) is 0 Å². The Kier molecular flexibility index (Phi) is 10.7. The van der Waals surface area contributed by atoms with Crippen LogP contribution in [-0.2, 0) is 35.0 Å². The highest BCUT2D eigenvalue weighted by atomic mass is 16.7. The van der Waals surface area contributed by atoms with E-state index in [0.717, 1.165) is 31.4 Å². The number of aryl methyl sites for hydroxylation is 1. The minimum Gasteiger partial charge on any atom is -0.490 e. The first-order valence-electron chi connectivity index (χ1n) is 11.3. The summed E-state index contributed by atoms with van der Waals surface area (Å²) in [6, 6.07) is 8.01. The average molecular weight is 449 g/mol. The van der Waals surface area contributed by atoms with Gasteiger partial charge in [-0.1, -0.05) is 38.6 Å². The molecule has 0 aliphatic carbocycles. The van der Waals surface area contributed by atoms with E-state index in [1.54, 1.807) is 6.08 Å². The normalized spacial score (nSPS) is 25.1. The molecule has 1 heterocycles. The van der Waals surface area contributed by atoms with E-state index >= 15 is 0 Å². The van der Waals surface area contributed by atoms with Crippen LogP contribution >= 0.6 is 0 Å². The maximum absolute atomic E-state index is 11.7. The SMILES string of the molecule is C=CCOc1ccc(CCCCO[C@@H]2O[C@H](CC)[C@@H](C)[C@H](OC(C)=O)[C@H]2OC(C)=O)cc1. The number of unbranched alkanes of at least 4 members (excludes halogenated alkanes) is 1. The number of rotatable bonds is 12. The Labute approximate surface area is 191 Å². The molecule has 1 aliphatic heterocycles. The summed E-state index contributed by atoms with van der Waals surface area (Å²) >= 11 is 0. The summed E-state index contributed by atoms with van der Waals surface area (Å²) in [5, 5.41) is 0. The van der Waals surface area contributed by atoms with E-state index in [-0.39, 0.29) is 12.0 Å². The highest BCUT2D eigenvalue weighted by Crippen LogP contribution is 2.32. The van der Waals surface area contributed by atoms with Crippen molar-refractivity contribution in [3.8, 4) is 5.75 Å². The molecule has 1 fully saturated rings. The quantitative estimate of drug-likeness (QED) is 0.269. The van der Waals surface area contributed by atoms with Gasteiger partial charge in [-0.25, -0.2) is 0 Å². The van der Waals surface area contributed by atoms with Crippen LogP contribution in [0, 0.1) is 5.92 Å². The van der Waals surface area contributed by atoms with Gasteiger partial charge in [0, 0.05) is 26.4 Å². The van der Waals surface area contributed by atoms with Gasteiger partial charge in [-0.15, -0.1) is 0 Å². The van der Waals surface area contributed by atoms with Gasteiger partial charge in [-0.2, -0.15) is 0 Å². The van der Waals surface area contributed by atoms with Gasteiger partial charge in [0.15, 0.2) is 12.4 Å². The second kappa shape index (κ2) is 13.2. The molecule has 0 amide bonds. The van der Waals surface area contributed by atoms with Crippen LogP contribution in [0.5, 0.6) is 5.75 Å². The van der Waals surface area contributed by atoms with Crippen LogP contribution in [0.1, 0.15) is 52.5 Å². The van der Waals surface area contributed by atoms with Crippen molar-refractivity contribution >= 4 is 11.9 Å². The van der Waals surface area contributed by atoms with Crippen molar-refractivity contribution in [2.24, 2.45) is 5.92 Å². The molecule has 1 aromatic rings. The third-order valence-electron chi connectivity index (χ3n) is 5.45. The lowest BCUT2D eigenvalue weighted by Gasteiger charge is -2.43. The number of benzene rings is 1. The summed E-state index contributed by atoms with van der Waals surface area (Å²) in [5.41, 5.74) is 1.22. The highest BCUT2D eigenvalue weighted by Gasteiger charge is 2.47. The van der Waals surface area contributed by atoms with Gasteiger partial charge < -0.3 is 23.7 Å². The van der Waals surface area contributed by atoms with Crippen molar-refractivity contribution in [1.29, 1.82) is 0 Å². The molecule has 2 rings (SSSR count). The van der Waals surface area contributed by atoms with E-state index < -0.39 is 30.4 Å². The third-order valence-corrected chi connectivity index (χ3v) is 5.45. The van der Waals surface area contributed by atoms with Crippen molar-refractivity contribution in [3.63, 3.8) is 0 Å². The zero-order valence-electron chi connectivity index (χ0n) is 19.6. The molecule has 0 saturated carbocycles. The van der Waals surface area contributed by atoms with Gasteiger partial charge in [0.1, 0.15) is 18.5 Å². The molecular weight excluding hydrogens is 412 g/mol. The number of carbonyl (C=O) groups is 2. The summed E-state index contributed by atoms with van der Waals surface area (Å²) < 4.78 is 28.5. The molecule has 1 saturated heterocycles. The van der Waals surface area contributed by atoms with E-state index in [1.165, 1.54) is 19.4 Å². The summed E-state index contributed by atoms with van der Waals surface area (Å²) in [6.45, 7) is 11.2. The number of hydrogen-bond donors (Lipinski definition) is 0. The number of ether oxygens (including phenoxy) is 5. The Morgan fingerprint density at radius 1 is 1.06 bits per heavy atom. The smallest absolute Gasteiger partial charge is 0.303 e. The molecule has 0 aromatic heterocycles. The first-order valence-corrected chi connectivity index (χ1v) is 11.3. The van der Waals surface area contributed by atoms with Crippen LogP contribution in [0.3, 0.4) is 0 Å². The Morgan fingerprint density at radius 3 is 2.31 bits per heavy atom. The van der Waals surface area contributed by atoms with Crippen molar-refractivity contribution in [3.05, 3.63) is 42.5 Å². The van der Waals surface area contributed by atoms with Crippen LogP contribution in [0.25, 0.3) is 0 Å². The van der Waals surface area contributed by atoms with Gasteiger partial charge in [0.2, 0.25) is 0 Å². The molecule has 0 bridgehead atoms. The van der Waals surface area contributed by atoms with Crippen molar-refractivity contribution in [1.82, 2.24) is 0 Å². The monoisotopic (exact) mass is 448 g/mol. The highest BCUT2D eigenvalue weighted by molar-refractivity contribution is 5.67. The number of esters is 2. The lowest BCUT2D eigenvalue weighted by atomic mass is 9.89. The molecule has 5 atom stereocenters. The van der Waals surface area contributed by atoms with E-state index in [1.807, 2.05) is 26.0 Å². The maximum Gasteiger partial charge on any atom is 0.303 e. The molecule has 0 radical (unpaired) electrons. The number of hydrogen-bond acceptors (Lipinski definition) is 7. The lowest BCUT2D eigenvalue weighted by molar-refractivity contribution is -0.290. The van der Waals surface area contributed by atoms with Crippen LogP contribution in [0.15, 0.2) is 36.9 Å². The van der Waals surface area contributed by atoms with E-state index in [4.69, 9.17) is 23.7 Å². The second-order valence-corrected chi connectivity index (χ2v) is 8.03. The zero-order chi connectivity index (χ0) is 23.5. The summed E-state index contributed by atoms with van der Waals surface area (Å²) in [4.78, 5) is 23.3. The Morgan fingerprint density at radius 2 is 1.72 bits per heavy atom. The largest absolute Gasteiger partial charge is 0.490 e. The van der Waals surface area contributed by atoms with Gasteiger partial charge in [-0.3, -0.25) is 9.59 Å². The predicted molar refractivity (Wildman–Crippen MR) is 120 cm³/mol. The van der Waals surface area contributed by atoms with Gasteiger partial charge in [0.05, 0.1) is 6.10 Å². The summed E-state index contributed by atoms with van der Waals surface area (Å²) in [7, 11) is 0. The topological polar surface area (TPSA) is 80.3 Å². The molecule has 0 unspecified atom stereocenters. The van der Waals surface area contributed by atoms with E-state index in [9.17, 15) is 9.59 Å². The molecule has 32 heavy (non-hydrogen) atoms.